The van der Waals surface area contributed by atoms with Gasteiger partial charge in [0.15, 0.2) is 0 Å². The smallest absolute Gasteiger partial charge is 0.269 e. The number of aryl methyl sites for hydroxylation is 1. The van der Waals surface area contributed by atoms with Crippen LogP contribution in [0.5, 0.6) is 0 Å². The van der Waals surface area contributed by atoms with E-state index in [0.717, 1.165) is 49.5 Å². The molecule has 0 amide bonds. The summed E-state index contributed by atoms with van der Waals surface area (Å²) in [5.74, 6) is 1.03. The maximum absolute atomic E-state index is 12.5. The lowest BCUT2D eigenvalue weighted by molar-refractivity contribution is 0.119. The molecule has 27 heavy (non-hydrogen) atoms. The van der Waals surface area contributed by atoms with Crippen LogP contribution in [0.1, 0.15) is 24.1 Å². The zero-order valence-corrected chi connectivity index (χ0v) is 15.0. The third-order valence-electron chi connectivity index (χ3n) is 5.21. The Hall–Kier alpha value is -2.58. The van der Waals surface area contributed by atoms with Crippen molar-refractivity contribution >= 4 is 11.5 Å². The fourth-order valence-corrected chi connectivity index (χ4v) is 3.82. The quantitative estimate of drug-likeness (QED) is 0.806. The molecule has 0 spiro atoms. The van der Waals surface area contributed by atoms with Crippen LogP contribution in [0.2, 0.25) is 0 Å². The molecule has 144 valence electrons. The van der Waals surface area contributed by atoms with E-state index in [1.165, 1.54) is 36.4 Å². The molecule has 2 aromatic rings. The predicted octanol–water partition coefficient (Wildman–Crippen LogP) is 1.50. The molecule has 1 fully saturated rings. The third kappa shape index (κ3) is 3.77. The first kappa shape index (κ1) is 17.8. The highest BCUT2D eigenvalue weighted by molar-refractivity contribution is 5.52. The van der Waals surface area contributed by atoms with Crippen molar-refractivity contribution in [2.75, 3.05) is 36.0 Å². The average molecular weight is 376 g/mol. The fraction of sp³-hybridized carbons (Fsp3) is 0.556. The van der Waals surface area contributed by atoms with Gasteiger partial charge in [-0.15, -0.1) is 0 Å². The number of hydrogen-bond donors (Lipinski definition) is 0. The van der Waals surface area contributed by atoms with Gasteiger partial charge in [-0.1, -0.05) is 0 Å². The van der Waals surface area contributed by atoms with Crippen LogP contribution in [0.15, 0.2) is 23.4 Å². The maximum Gasteiger partial charge on any atom is 0.269 e. The van der Waals surface area contributed by atoms with E-state index < -0.39 is 18.5 Å². The van der Waals surface area contributed by atoms with Crippen LogP contribution in [0.3, 0.4) is 0 Å². The summed E-state index contributed by atoms with van der Waals surface area (Å²) in [4.78, 5) is 25.3. The van der Waals surface area contributed by atoms with Crippen LogP contribution < -0.4 is 15.4 Å². The Morgan fingerprint density at radius 2 is 1.78 bits per heavy atom. The van der Waals surface area contributed by atoms with E-state index in [4.69, 9.17) is 0 Å². The van der Waals surface area contributed by atoms with Crippen molar-refractivity contribution < 1.29 is 8.78 Å². The lowest BCUT2D eigenvalue weighted by atomic mass is 9.96. The Morgan fingerprint density at radius 1 is 1.04 bits per heavy atom. The number of rotatable bonds is 4. The molecule has 0 radical (unpaired) electrons. The molecule has 2 aliphatic rings. The van der Waals surface area contributed by atoms with Gasteiger partial charge in [-0.05, 0) is 25.7 Å². The van der Waals surface area contributed by atoms with Crippen LogP contribution >= 0.6 is 0 Å². The van der Waals surface area contributed by atoms with E-state index in [1.54, 1.807) is 6.33 Å². The van der Waals surface area contributed by atoms with Gasteiger partial charge in [0.05, 0.1) is 11.9 Å². The molecule has 1 aliphatic carbocycles. The number of hydrogen-bond acceptors (Lipinski definition) is 6. The van der Waals surface area contributed by atoms with Crippen LogP contribution in [-0.2, 0) is 19.4 Å². The zero-order valence-electron chi connectivity index (χ0n) is 15.0. The molecule has 9 heteroatoms. The molecule has 4 rings (SSSR count). The molecule has 7 nitrogen and oxygen atoms in total. The Balaban J connectivity index is 1.45. The van der Waals surface area contributed by atoms with Gasteiger partial charge in [0, 0.05) is 43.5 Å². The summed E-state index contributed by atoms with van der Waals surface area (Å²) < 4.78 is 25.7. The first-order valence-corrected chi connectivity index (χ1v) is 9.30. The molecular formula is C18H22F2N6O. The number of anilines is 2. The summed E-state index contributed by atoms with van der Waals surface area (Å²) in [5, 5.41) is 3.88. The second-order valence-electron chi connectivity index (χ2n) is 6.93. The monoisotopic (exact) mass is 376 g/mol. The number of halogens is 2. The summed E-state index contributed by atoms with van der Waals surface area (Å²) in [5.41, 5.74) is 2.61. The Labute approximate surface area is 155 Å². The number of fused-ring (bicyclic) bond motifs is 1. The van der Waals surface area contributed by atoms with Gasteiger partial charge in [-0.3, -0.25) is 4.79 Å². The summed E-state index contributed by atoms with van der Waals surface area (Å²) in [7, 11) is 0. The largest absolute Gasteiger partial charge is 0.367 e. The first-order chi connectivity index (χ1) is 13.1. The first-order valence-electron chi connectivity index (χ1n) is 9.30. The Kier molecular flexibility index (Phi) is 5.00. The van der Waals surface area contributed by atoms with Gasteiger partial charge in [-0.2, -0.15) is 5.10 Å². The molecule has 0 unspecified atom stereocenters. The highest BCUT2D eigenvalue weighted by Crippen LogP contribution is 2.28. The molecule has 0 N–H and O–H groups in total. The van der Waals surface area contributed by atoms with Crippen molar-refractivity contribution in [3.63, 3.8) is 0 Å². The fourth-order valence-electron chi connectivity index (χ4n) is 3.82. The lowest BCUT2D eigenvalue weighted by Gasteiger charge is -2.37. The third-order valence-corrected chi connectivity index (χ3v) is 5.21. The number of alkyl halides is 2. The highest BCUT2D eigenvalue weighted by Gasteiger charge is 2.24. The molecular weight excluding hydrogens is 354 g/mol. The van der Waals surface area contributed by atoms with Crippen molar-refractivity contribution in [2.24, 2.45) is 0 Å². The van der Waals surface area contributed by atoms with E-state index in [9.17, 15) is 13.6 Å². The molecule has 1 aliphatic heterocycles. The molecule has 0 atom stereocenters. The molecule has 3 heterocycles. The van der Waals surface area contributed by atoms with E-state index in [-0.39, 0.29) is 0 Å². The van der Waals surface area contributed by atoms with Crippen LogP contribution in [0.25, 0.3) is 0 Å². The predicted molar refractivity (Wildman–Crippen MR) is 97.6 cm³/mol. The zero-order chi connectivity index (χ0) is 18.8. The van der Waals surface area contributed by atoms with Crippen molar-refractivity contribution in [3.8, 4) is 0 Å². The van der Waals surface area contributed by atoms with Gasteiger partial charge < -0.3 is 9.80 Å². The maximum atomic E-state index is 12.5. The molecule has 2 aromatic heterocycles. The molecule has 0 saturated carbocycles. The van der Waals surface area contributed by atoms with E-state index >= 15 is 0 Å². The van der Waals surface area contributed by atoms with Crippen molar-refractivity contribution in [2.45, 2.75) is 38.7 Å². The second-order valence-corrected chi connectivity index (χ2v) is 6.93. The number of aromatic nitrogens is 4. The van der Waals surface area contributed by atoms with Crippen molar-refractivity contribution in [3.05, 3.63) is 40.2 Å². The summed E-state index contributed by atoms with van der Waals surface area (Å²) in [6.45, 7) is 2.33. The van der Waals surface area contributed by atoms with E-state index in [0.29, 0.717) is 5.69 Å². The molecule has 0 bridgehead atoms. The minimum absolute atomic E-state index is 0.500. The van der Waals surface area contributed by atoms with Crippen LogP contribution in [0.4, 0.5) is 20.3 Å². The standard InChI is InChI=1S/C18H22F2N6O/c19-16(20)11-26-17(27)9-13(10-23-26)24-5-7-25(8-6-24)18-14-3-1-2-4-15(14)21-12-22-18/h9-10,12,16H,1-8,11H2. The van der Waals surface area contributed by atoms with Crippen molar-refractivity contribution in [1.82, 2.24) is 19.7 Å². The van der Waals surface area contributed by atoms with Gasteiger partial charge in [0.25, 0.3) is 12.0 Å². The average Bonchev–Trinajstić information content (AvgIpc) is 2.69. The van der Waals surface area contributed by atoms with Gasteiger partial charge in [0.1, 0.15) is 18.7 Å². The highest BCUT2D eigenvalue weighted by atomic mass is 19.3. The number of nitrogens with zero attached hydrogens (tertiary/aromatic N) is 6. The van der Waals surface area contributed by atoms with Gasteiger partial charge in [0.2, 0.25) is 0 Å². The minimum Gasteiger partial charge on any atom is -0.367 e. The van der Waals surface area contributed by atoms with Gasteiger partial charge >= 0.3 is 0 Å². The van der Waals surface area contributed by atoms with Crippen LogP contribution in [0, 0.1) is 0 Å². The van der Waals surface area contributed by atoms with Gasteiger partial charge in [-0.25, -0.2) is 23.4 Å². The normalized spacial score (nSPS) is 17.3. The Morgan fingerprint density at radius 3 is 2.52 bits per heavy atom. The summed E-state index contributed by atoms with van der Waals surface area (Å²) in [6.07, 6.45) is 4.95. The van der Waals surface area contributed by atoms with E-state index in [2.05, 4.69) is 24.9 Å². The second kappa shape index (κ2) is 7.58. The lowest BCUT2D eigenvalue weighted by Crippen LogP contribution is -2.47. The van der Waals surface area contributed by atoms with E-state index in [1.807, 2.05) is 0 Å². The van der Waals surface area contributed by atoms with Crippen LogP contribution in [-0.4, -0.2) is 52.4 Å². The minimum atomic E-state index is -2.59. The number of piperazine rings is 1. The summed E-state index contributed by atoms with van der Waals surface area (Å²) >= 11 is 0. The Bertz CT molecular complexity index is 863. The topological polar surface area (TPSA) is 67.2 Å². The van der Waals surface area contributed by atoms with Crippen molar-refractivity contribution in [1.29, 1.82) is 0 Å². The molecule has 1 saturated heterocycles. The summed E-state index contributed by atoms with van der Waals surface area (Å²) in [6, 6.07) is 1.39. The molecule has 0 aromatic carbocycles. The SMILES string of the molecule is O=c1cc(N2CCN(c3ncnc4c3CCCC4)CC2)cnn1CC(F)F.